The quantitative estimate of drug-likeness (QED) is 0.729. The molecule has 0 bridgehead atoms. The summed E-state index contributed by atoms with van der Waals surface area (Å²) >= 11 is 0. The third kappa shape index (κ3) is 3.59. The first-order valence-corrected chi connectivity index (χ1v) is 4.80. The van der Waals surface area contributed by atoms with Crippen LogP contribution in [0.2, 0.25) is 0 Å². The second-order valence-corrected chi connectivity index (χ2v) is 3.86. The van der Waals surface area contributed by atoms with E-state index in [1.807, 2.05) is 38.1 Å². The Morgan fingerprint density at radius 3 is 2.67 bits per heavy atom. The van der Waals surface area contributed by atoms with Gasteiger partial charge >= 0.3 is 0 Å². The van der Waals surface area contributed by atoms with Crippen LogP contribution >= 0.6 is 0 Å². The van der Waals surface area contributed by atoms with Crippen LogP contribution in [0, 0.1) is 6.92 Å². The van der Waals surface area contributed by atoms with Crippen molar-refractivity contribution in [1.82, 2.24) is 4.90 Å². The molecule has 3 N–H and O–H groups in total. The maximum absolute atomic E-state index is 11.5. The summed E-state index contributed by atoms with van der Waals surface area (Å²) in [5, 5.41) is 2.83. The molecule has 0 aromatic heterocycles. The van der Waals surface area contributed by atoms with Gasteiger partial charge in [0.15, 0.2) is 0 Å². The number of nitrogens with zero attached hydrogens (tertiary/aromatic N) is 1. The largest absolute Gasteiger partial charge is 0.399 e. The van der Waals surface area contributed by atoms with Crippen LogP contribution in [0.3, 0.4) is 0 Å². The van der Waals surface area contributed by atoms with E-state index in [-0.39, 0.29) is 5.91 Å². The Kier molecular flexibility index (Phi) is 3.68. The molecule has 1 rings (SSSR count). The average molecular weight is 207 g/mol. The van der Waals surface area contributed by atoms with Crippen molar-refractivity contribution >= 4 is 17.3 Å². The van der Waals surface area contributed by atoms with Gasteiger partial charge in [-0.2, -0.15) is 0 Å². The van der Waals surface area contributed by atoms with Gasteiger partial charge in [0.05, 0.1) is 6.54 Å². The van der Waals surface area contributed by atoms with Crippen LogP contribution in [0.25, 0.3) is 0 Å². The summed E-state index contributed by atoms with van der Waals surface area (Å²) in [4.78, 5) is 13.3. The maximum Gasteiger partial charge on any atom is 0.238 e. The van der Waals surface area contributed by atoms with E-state index >= 15 is 0 Å². The van der Waals surface area contributed by atoms with Crippen molar-refractivity contribution in [2.24, 2.45) is 0 Å². The number of carbonyl (C=O) groups is 1. The molecule has 0 fully saturated rings. The molecule has 0 aliphatic rings. The Balaban J connectivity index is 2.68. The summed E-state index contributed by atoms with van der Waals surface area (Å²) < 4.78 is 0. The Bertz CT molecular complexity index is 361. The molecule has 1 aromatic carbocycles. The average Bonchev–Trinajstić information content (AvgIpc) is 2.08. The van der Waals surface area contributed by atoms with Crippen LogP contribution in [0.4, 0.5) is 11.4 Å². The molecule has 0 saturated carbocycles. The number of likely N-dealkylation sites (N-methyl/N-ethyl adjacent to an activating group) is 1. The summed E-state index contributed by atoms with van der Waals surface area (Å²) in [6, 6.07) is 5.43. The lowest BCUT2D eigenvalue weighted by molar-refractivity contribution is -0.116. The fourth-order valence-corrected chi connectivity index (χ4v) is 1.30. The minimum Gasteiger partial charge on any atom is -0.399 e. The number of anilines is 2. The normalized spacial score (nSPS) is 10.4. The van der Waals surface area contributed by atoms with Crippen LogP contribution in [-0.2, 0) is 4.79 Å². The third-order valence-corrected chi connectivity index (χ3v) is 1.98. The number of amides is 1. The van der Waals surface area contributed by atoms with Gasteiger partial charge < -0.3 is 16.0 Å². The van der Waals surface area contributed by atoms with Gasteiger partial charge in [-0.1, -0.05) is 0 Å². The standard InChI is InChI=1S/C11H17N3O/c1-8-6-9(12)4-5-10(8)13-11(15)7-14(2)3/h4-6H,7,12H2,1-3H3,(H,13,15). The Morgan fingerprint density at radius 1 is 1.47 bits per heavy atom. The molecule has 4 heteroatoms. The lowest BCUT2D eigenvalue weighted by atomic mass is 10.2. The highest BCUT2D eigenvalue weighted by Crippen LogP contribution is 2.17. The van der Waals surface area contributed by atoms with E-state index in [0.717, 1.165) is 11.3 Å². The van der Waals surface area contributed by atoms with Gasteiger partial charge in [0.25, 0.3) is 0 Å². The molecule has 0 heterocycles. The van der Waals surface area contributed by atoms with Crippen molar-refractivity contribution < 1.29 is 4.79 Å². The van der Waals surface area contributed by atoms with Crippen LogP contribution < -0.4 is 11.1 Å². The van der Waals surface area contributed by atoms with Gasteiger partial charge in [-0.3, -0.25) is 4.79 Å². The monoisotopic (exact) mass is 207 g/mol. The highest BCUT2D eigenvalue weighted by atomic mass is 16.2. The topological polar surface area (TPSA) is 58.4 Å². The van der Waals surface area contributed by atoms with Crippen molar-refractivity contribution in [3.8, 4) is 0 Å². The minimum absolute atomic E-state index is 0.0205. The van der Waals surface area contributed by atoms with E-state index in [1.54, 1.807) is 6.07 Å². The van der Waals surface area contributed by atoms with Crippen LogP contribution in [0.15, 0.2) is 18.2 Å². The minimum atomic E-state index is -0.0205. The van der Waals surface area contributed by atoms with Gasteiger partial charge in [-0.05, 0) is 44.8 Å². The maximum atomic E-state index is 11.5. The van der Waals surface area contributed by atoms with E-state index in [0.29, 0.717) is 12.2 Å². The van der Waals surface area contributed by atoms with Crippen molar-refractivity contribution in [2.75, 3.05) is 31.7 Å². The number of hydrogen-bond acceptors (Lipinski definition) is 3. The van der Waals surface area contributed by atoms with Crippen molar-refractivity contribution in [2.45, 2.75) is 6.92 Å². The number of rotatable bonds is 3. The number of hydrogen-bond donors (Lipinski definition) is 2. The molecule has 82 valence electrons. The van der Waals surface area contributed by atoms with Gasteiger partial charge in [0, 0.05) is 11.4 Å². The number of nitrogen functional groups attached to an aromatic ring is 1. The van der Waals surface area contributed by atoms with E-state index in [2.05, 4.69) is 5.32 Å². The fraction of sp³-hybridized carbons (Fsp3) is 0.364. The molecule has 15 heavy (non-hydrogen) atoms. The summed E-state index contributed by atoms with van der Waals surface area (Å²) in [7, 11) is 3.71. The number of nitrogens with two attached hydrogens (primary N) is 1. The molecule has 4 nitrogen and oxygen atoms in total. The molecule has 0 unspecified atom stereocenters. The Labute approximate surface area is 90.1 Å². The number of carbonyl (C=O) groups excluding carboxylic acids is 1. The summed E-state index contributed by atoms with van der Waals surface area (Å²) in [5.74, 6) is -0.0205. The number of nitrogens with one attached hydrogen (secondary N) is 1. The molecule has 0 radical (unpaired) electrons. The molecule has 0 aliphatic heterocycles. The molecule has 0 spiro atoms. The predicted octanol–water partition coefficient (Wildman–Crippen LogP) is 1.08. The van der Waals surface area contributed by atoms with Gasteiger partial charge in [0.2, 0.25) is 5.91 Å². The lowest BCUT2D eigenvalue weighted by Gasteiger charge is -2.12. The summed E-state index contributed by atoms with van der Waals surface area (Å²) in [5.41, 5.74) is 8.11. The van der Waals surface area contributed by atoms with Crippen molar-refractivity contribution in [3.05, 3.63) is 23.8 Å². The van der Waals surface area contributed by atoms with E-state index in [9.17, 15) is 4.79 Å². The zero-order chi connectivity index (χ0) is 11.4. The molecular weight excluding hydrogens is 190 g/mol. The second-order valence-electron chi connectivity index (χ2n) is 3.86. The van der Waals surface area contributed by atoms with Gasteiger partial charge in [-0.25, -0.2) is 0 Å². The van der Waals surface area contributed by atoms with E-state index in [1.165, 1.54) is 0 Å². The highest BCUT2D eigenvalue weighted by Gasteiger charge is 2.05. The molecule has 1 amide bonds. The molecule has 0 atom stereocenters. The predicted molar refractivity (Wildman–Crippen MR) is 62.8 cm³/mol. The summed E-state index contributed by atoms with van der Waals surface area (Å²) in [6.45, 7) is 2.30. The first-order chi connectivity index (χ1) is 6.99. The van der Waals surface area contributed by atoms with E-state index in [4.69, 9.17) is 5.73 Å². The first-order valence-electron chi connectivity index (χ1n) is 4.80. The Morgan fingerprint density at radius 2 is 2.13 bits per heavy atom. The summed E-state index contributed by atoms with van der Waals surface area (Å²) in [6.07, 6.45) is 0. The third-order valence-electron chi connectivity index (χ3n) is 1.98. The van der Waals surface area contributed by atoms with Crippen LogP contribution in [0.5, 0.6) is 0 Å². The van der Waals surface area contributed by atoms with E-state index < -0.39 is 0 Å². The molecule has 0 aliphatic carbocycles. The molecule has 0 saturated heterocycles. The van der Waals surface area contributed by atoms with Crippen LogP contribution in [-0.4, -0.2) is 31.4 Å². The smallest absolute Gasteiger partial charge is 0.238 e. The molecular formula is C11H17N3O. The SMILES string of the molecule is Cc1cc(N)ccc1NC(=O)CN(C)C. The fourth-order valence-electron chi connectivity index (χ4n) is 1.30. The lowest BCUT2D eigenvalue weighted by Crippen LogP contribution is -2.27. The zero-order valence-electron chi connectivity index (χ0n) is 9.37. The van der Waals surface area contributed by atoms with Crippen molar-refractivity contribution in [1.29, 1.82) is 0 Å². The number of aryl methyl sites for hydroxylation is 1. The van der Waals surface area contributed by atoms with Crippen LogP contribution in [0.1, 0.15) is 5.56 Å². The second kappa shape index (κ2) is 4.79. The highest BCUT2D eigenvalue weighted by molar-refractivity contribution is 5.93. The van der Waals surface area contributed by atoms with Gasteiger partial charge in [-0.15, -0.1) is 0 Å². The molecule has 1 aromatic rings. The Hall–Kier alpha value is -1.55. The zero-order valence-corrected chi connectivity index (χ0v) is 9.37. The first kappa shape index (κ1) is 11.5. The van der Waals surface area contributed by atoms with Crippen molar-refractivity contribution in [3.63, 3.8) is 0 Å². The van der Waals surface area contributed by atoms with Gasteiger partial charge in [0.1, 0.15) is 0 Å². The number of benzene rings is 1.